The Hall–Kier alpha value is -3.63. The number of halogens is 4. The summed E-state index contributed by atoms with van der Waals surface area (Å²) in [6.45, 7) is 4.51. The third-order valence-corrected chi connectivity index (χ3v) is 6.95. The molecule has 220 valence electrons. The van der Waals surface area contributed by atoms with E-state index in [9.17, 15) is 18.0 Å². The number of nitrogens with one attached hydrogen (secondary N) is 1. The van der Waals surface area contributed by atoms with Crippen LogP contribution in [-0.2, 0) is 17.8 Å². The van der Waals surface area contributed by atoms with Crippen molar-refractivity contribution in [2.24, 2.45) is 5.92 Å². The van der Waals surface area contributed by atoms with Crippen molar-refractivity contribution in [3.63, 3.8) is 0 Å². The Labute approximate surface area is 242 Å². The topological polar surface area (TPSA) is 85.8 Å². The van der Waals surface area contributed by atoms with Crippen molar-refractivity contribution in [1.82, 2.24) is 14.8 Å². The van der Waals surface area contributed by atoms with Gasteiger partial charge >= 0.3 is 18.2 Å². The molecule has 0 spiro atoms. The van der Waals surface area contributed by atoms with E-state index >= 15 is 0 Å². The molecular formula is C30H34ClF3N4O3. The Balaban J connectivity index is 0.000000587. The Morgan fingerprint density at radius 3 is 2.22 bits per heavy atom. The van der Waals surface area contributed by atoms with Crippen LogP contribution in [0.2, 0.25) is 5.02 Å². The van der Waals surface area contributed by atoms with Gasteiger partial charge in [0.15, 0.2) is 0 Å². The van der Waals surface area contributed by atoms with E-state index in [0.717, 1.165) is 43.2 Å². The van der Waals surface area contributed by atoms with Gasteiger partial charge in [0.1, 0.15) is 0 Å². The molecule has 4 rings (SSSR count). The first-order valence-electron chi connectivity index (χ1n) is 13.4. The predicted molar refractivity (Wildman–Crippen MR) is 153 cm³/mol. The van der Waals surface area contributed by atoms with Crippen molar-refractivity contribution < 1.29 is 27.9 Å². The summed E-state index contributed by atoms with van der Waals surface area (Å²) in [7, 11) is 0. The molecule has 1 saturated heterocycles. The number of carbonyl (C=O) groups excluding carboxylic acids is 1. The number of carbonyl (C=O) groups is 2. The standard InChI is InChI=1S/C28H33ClN4O.C2HF3O2/c29-26-9-11-27(12-10-26)31-28(34)33(22-25-8-4-15-30-21-25)17-5-16-32-18-13-24(14-19-32)20-23-6-2-1-3-7-23;3-2(4,5)1(6)7/h1-4,6-12,15,21,24H,5,13-14,16-20,22H2,(H,31,34);(H,6,7). The number of benzene rings is 2. The number of piperidine rings is 1. The number of urea groups is 1. The number of carboxylic acids is 1. The number of pyridine rings is 1. The van der Waals surface area contributed by atoms with Crippen molar-refractivity contribution in [3.05, 3.63) is 95.3 Å². The zero-order valence-electron chi connectivity index (χ0n) is 22.6. The molecule has 7 nitrogen and oxygen atoms in total. The van der Waals surface area contributed by atoms with E-state index in [1.54, 1.807) is 18.3 Å². The first-order valence-corrected chi connectivity index (χ1v) is 13.7. The molecule has 1 aliphatic rings. The van der Waals surface area contributed by atoms with Crippen LogP contribution in [0, 0.1) is 5.92 Å². The highest BCUT2D eigenvalue weighted by atomic mass is 35.5. The fourth-order valence-corrected chi connectivity index (χ4v) is 4.67. The van der Waals surface area contributed by atoms with Crippen molar-refractivity contribution in [3.8, 4) is 0 Å². The van der Waals surface area contributed by atoms with Crippen LogP contribution in [0.25, 0.3) is 0 Å². The van der Waals surface area contributed by atoms with Crippen molar-refractivity contribution >= 4 is 29.3 Å². The number of aliphatic carboxylic acids is 1. The highest BCUT2D eigenvalue weighted by molar-refractivity contribution is 6.30. The van der Waals surface area contributed by atoms with Crippen LogP contribution in [-0.4, -0.2) is 64.2 Å². The van der Waals surface area contributed by atoms with Gasteiger partial charge in [0, 0.05) is 36.2 Å². The van der Waals surface area contributed by atoms with Gasteiger partial charge in [-0.1, -0.05) is 48.0 Å². The molecule has 2 N–H and O–H groups in total. The van der Waals surface area contributed by atoms with E-state index in [4.69, 9.17) is 21.5 Å². The van der Waals surface area contributed by atoms with Crippen LogP contribution in [0.5, 0.6) is 0 Å². The number of rotatable bonds is 9. The SMILES string of the molecule is O=C(Nc1ccc(Cl)cc1)N(CCCN1CCC(Cc2ccccc2)CC1)Cc1cccnc1.O=C(O)C(F)(F)F. The van der Waals surface area contributed by atoms with E-state index in [-0.39, 0.29) is 6.03 Å². The van der Waals surface area contributed by atoms with Gasteiger partial charge in [0.2, 0.25) is 0 Å². The lowest BCUT2D eigenvalue weighted by Gasteiger charge is -2.32. The zero-order valence-corrected chi connectivity index (χ0v) is 23.3. The number of likely N-dealkylation sites (tertiary alicyclic amines) is 1. The molecule has 1 fully saturated rings. The summed E-state index contributed by atoms with van der Waals surface area (Å²) in [4.78, 5) is 30.6. The molecule has 0 unspecified atom stereocenters. The highest BCUT2D eigenvalue weighted by Gasteiger charge is 2.38. The van der Waals surface area contributed by atoms with Gasteiger partial charge in [-0.05, 0) is 92.7 Å². The molecule has 0 atom stereocenters. The second kappa shape index (κ2) is 16.0. The monoisotopic (exact) mass is 590 g/mol. The molecule has 1 aromatic heterocycles. The molecule has 2 heterocycles. The fourth-order valence-electron chi connectivity index (χ4n) is 4.55. The largest absolute Gasteiger partial charge is 0.490 e. The van der Waals surface area contributed by atoms with Gasteiger partial charge in [-0.2, -0.15) is 13.2 Å². The number of anilines is 1. The highest BCUT2D eigenvalue weighted by Crippen LogP contribution is 2.22. The van der Waals surface area contributed by atoms with Crippen molar-refractivity contribution in [2.45, 2.75) is 38.4 Å². The normalized spacial score (nSPS) is 14.0. The summed E-state index contributed by atoms with van der Waals surface area (Å²) < 4.78 is 31.7. The molecule has 0 saturated carbocycles. The third kappa shape index (κ3) is 11.8. The smallest absolute Gasteiger partial charge is 0.475 e. The molecule has 11 heteroatoms. The summed E-state index contributed by atoms with van der Waals surface area (Å²) in [5.41, 5.74) is 3.21. The minimum absolute atomic E-state index is 0.104. The average Bonchev–Trinajstić information content (AvgIpc) is 2.95. The van der Waals surface area contributed by atoms with Gasteiger partial charge in [0.05, 0.1) is 0 Å². The molecule has 2 amide bonds. The zero-order chi connectivity index (χ0) is 29.7. The lowest BCUT2D eigenvalue weighted by atomic mass is 9.90. The summed E-state index contributed by atoms with van der Waals surface area (Å²) >= 11 is 5.98. The number of hydrogen-bond acceptors (Lipinski definition) is 4. The van der Waals surface area contributed by atoms with E-state index in [0.29, 0.717) is 18.1 Å². The predicted octanol–water partition coefficient (Wildman–Crippen LogP) is 6.75. The Morgan fingerprint density at radius 1 is 1.00 bits per heavy atom. The lowest BCUT2D eigenvalue weighted by molar-refractivity contribution is -0.192. The van der Waals surface area contributed by atoms with Gasteiger partial charge in [-0.15, -0.1) is 0 Å². The maximum absolute atomic E-state index is 13.0. The summed E-state index contributed by atoms with van der Waals surface area (Å²) in [5, 5.41) is 10.8. The number of nitrogens with zero attached hydrogens (tertiary/aromatic N) is 3. The molecule has 0 radical (unpaired) electrons. The minimum Gasteiger partial charge on any atom is -0.475 e. The van der Waals surface area contributed by atoms with Crippen LogP contribution in [0.3, 0.4) is 0 Å². The number of amides is 2. The molecule has 1 aliphatic heterocycles. The lowest BCUT2D eigenvalue weighted by Crippen LogP contribution is -2.39. The van der Waals surface area contributed by atoms with Crippen molar-refractivity contribution in [1.29, 1.82) is 0 Å². The van der Waals surface area contributed by atoms with Crippen molar-refractivity contribution in [2.75, 3.05) is 31.5 Å². The Bertz CT molecular complexity index is 1210. The quantitative estimate of drug-likeness (QED) is 0.288. The second-order valence-electron chi connectivity index (χ2n) is 9.85. The molecule has 41 heavy (non-hydrogen) atoms. The number of aromatic nitrogens is 1. The molecule has 3 aromatic rings. The summed E-state index contributed by atoms with van der Waals surface area (Å²) in [6.07, 6.45) is 3.09. The van der Waals surface area contributed by atoms with Gasteiger partial charge in [-0.25, -0.2) is 9.59 Å². The number of hydrogen-bond donors (Lipinski definition) is 2. The van der Waals surface area contributed by atoms with E-state index in [1.165, 1.54) is 24.8 Å². The van der Waals surface area contributed by atoms with Gasteiger partial charge in [0.25, 0.3) is 0 Å². The first-order chi connectivity index (χ1) is 19.6. The number of alkyl halides is 3. The van der Waals surface area contributed by atoms with Crippen LogP contribution in [0.15, 0.2) is 79.1 Å². The summed E-state index contributed by atoms with van der Waals surface area (Å²) in [5.74, 6) is -1.99. The fraction of sp³-hybridized carbons (Fsp3) is 0.367. The molecule has 0 aliphatic carbocycles. The van der Waals surface area contributed by atoms with Gasteiger partial charge < -0.3 is 20.2 Å². The Morgan fingerprint density at radius 2 is 1.63 bits per heavy atom. The maximum atomic E-state index is 13.0. The van der Waals surface area contributed by atoms with Crippen LogP contribution in [0.1, 0.15) is 30.4 Å². The minimum atomic E-state index is -5.08. The van der Waals surface area contributed by atoms with E-state index in [2.05, 4.69) is 45.5 Å². The number of carboxylic acid groups (broad SMARTS) is 1. The summed E-state index contributed by atoms with van der Waals surface area (Å²) in [6, 6.07) is 21.8. The average molecular weight is 591 g/mol. The maximum Gasteiger partial charge on any atom is 0.490 e. The van der Waals surface area contributed by atoms with Crippen LogP contribution >= 0.6 is 11.6 Å². The Kier molecular flexibility index (Phi) is 12.4. The molecule has 2 aromatic carbocycles. The van der Waals surface area contributed by atoms with Crippen LogP contribution < -0.4 is 5.32 Å². The third-order valence-electron chi connectivity index (χ3n) is 6.70. The first kappa shape index (κ1) is 31.9. The van der Waals surface area contributed by atoms with Crippen LogP contribution in [0.4, 0.5) is 23.7 Å². The molecular weight excluding hydrogens is 557 g/mol. The molecule has 0 bridgehead atoms. The van der Waals surface area contributed by atoms with E-state index in [1.807, 2.05) is 35.4 Å². The van der Waals surface area contributed by atoms with E-state index < -0.39 is 12.1 Å². The second-order valence-corrected chi connectivity index (χ2v) is 10.3. The van der Waals surface area contributed by atoms with Gasteiger partial charge in [-0.3, -0.25) is 4.98 Å².